The number of nitrogens with one attached hydrogen (secondary N) is 3. The second-order valence-corrected chi connectivity index (χ2v) is 7.36. The lowest BCUT2D eigenvalue weighted by atomic mass is 10.1. The second-order valence-electron chi connectivity index (χ2n) is 7.36. The topological polar surface area (TPSA) is 90.5 Å². The van der Waals surface area contributed by atoms with Crippen molar-refractivity contribution < 1.29 is 14.4 Å². The number of urea groups is 1. The molecule has 0 aliphatic carbocycles. The molecule has 1 aliphatic rings. The molecule has 7 nitrogen and oxygen atoms in total. The van der Waals surface area contributed by atoms with Gasteiger partial charge in [0.15, 0.2) is 0 Å². The number of amides is 4. The van der Waals surface area contributed by atoms with E-state index in [-0.39, 0.29) is 23.9 Å². The van der Waals surface area contributed by atoms with Gasteiger partial charge in [0, 0.05) is 41.6 Å². The van der Waals surface area contributed by atoms with Crippen LogP contribution in [-0.2, 0) is 0 Å². The van der Waals surface area contributed by atoms with Gasteiger partial charge in [0.1, 0.15) is 0 Å². The predicted octanol–water partition coefficient (Wildman–Crippen LogP) is 3.70. The largest absolute Gasteiger partial charge is 0.339 e. The standard InChI is InChI=1S/C22H26N4O3/c1-15(2)23-22(29)25-19-7-5-6-17(14-19)20(27)24-18-10-8-16(9-11-18)21(28)26-12-3-4-13-26/h5-11,14-15H,3-4,12-13H2,1-2H3,(H,24,27)(H2,23,25,29). The summed E-state index contributed by atoms with van der Waals surface area (Å²) in [6.07, 6.45) is 2.10. The number of carbonyl (C=O) groups is 3. The summed E-state index contributed by atoms with van der Waals surface area (Å²) in [5, 5.41) is 8.25. The van der Waals surface area contributed by atoms with Crippen LogP contribution in [0.3, 0.4) is 0 Å². The summed E-state index contributed by atoms with van der Waals surface area (Å²) in [4.78, 5) is 38.6. The molecule has 7 heteroatoms. The van der Waals surface area contributed by atoms with Crippen LogP contribution in [0.5, 0.6) is 0 Å². The minimum Gasteiger partial charge on any atom is -0.339 e. The summed E-state index contributed by atoms with van der Waals surface area (Å²) in [6.45, 7) is 5.34. The smallest absolute Gasteiger partial charge is 0.319 e. The highest BCUT2D eigenvalue weighted by Crippen LogP contribution is 2.17. The zero-order valence-corrected chi connectivity index (χ0v) is 16.7. The van der Waals surface area contributed by atoms with Gasteiger partial charge in [0.25, 0.3) is 11.8 Å². The van der Waals surface area contributed by atoms with E-state index in [1.165, 1.54) is 0 Å². The average molecular weight is 394 g/mol. The number of rotatable bonds is 5. The molecule has 152 valence electrons. The number of nitrogens with zero attached hydrogens (tertiary/aromatic N) is 1. The van der Waals surface area contributed by atoms with Gasteiger partial charge < -0.3 is 20.9 Å². The average Bonchev–Trinajstić information content (AvgIpc) is 3.22. The van der Waals surface area contributed by atoms with E-state index in [1.807, 2.05) is 18.7 Å². The van der Waals surface area contributed by atoms with Gasteiger partial charge in [0.05, 0.1) is 0 Å². The Hall–Kier alpha value is -3.35. The molecule has 1 aliphatic heterocycles. The van der Waals surface area contributed by atoms with Crippen molar-refractivity contribution in [3.05, 3.63) is 59.7 Å². The van der Waals surface area contributed by atoms with Gasteiger partial charge in [-0.15, -0.1) is 0 Å². The normalized spacial score (nSPS) is 13.3. The number of hydrogen-bond acceptors (Lipinski definition) is 3. The molecule has 1 fully saturated rings. The molecule has 4 amide bonds. The van der Waals surface area contributed by atoms with Gasteiger partial charge in [-0.1, -0.05) is 6.07 Å². The van der Waals surface area contributed by atoms with E-state index in [2.05, 4.69) is 16.0 Å². The maximum Gasteiger partial charge on any atom is 0.319 e. The Morgan fingerprint density at radius 1 is 0.862 bits per heavy atom. The number of carbonyl (C=O) groups excluding carboxylic acids is 3. The second kappa shape index (κ2) is 9.23. The van der Waals surface area contributed by atoms with Crippen molar-refractivity contribution >= 4 is 29.2 Å². The van der Waals surface area contributed by atoms with Crippen LogP contribution >= 0.6 is 0 Å². The van der Waals surface area contributed by atoms with Gasteiger partial charge in [-0.2, -0.15) is 0 Å². The zero-order valence-electron chi connectivity index (χ0n) is 16.7. The lowest BCUT2D eigenvalue weighted by Gasteiger charge is -2.15. The predicted molar refractivity (Wildman–Crippen MR) is 113 cm³/mol. The Morgan fingerprint density at radius 2 is 1.55 bits per heavy atom. The van der Waals surface area contributed by atoms with E-state index < -0.39 is 0 Å². The van der Waals surface area contributed by atoms with Crippen LogP contribution in [0, 0.1) is 0 Å². The van der Waals surface area contributed by atoms with Crippen LogP contribution in [0.25, 0.3) is 0 Å². The van der Waals surface area contributed by atoms with Crippen LogP contribution in [-0.4, -0.2) is 41.9 Å². The van der Waals surface area contributed by atoms with Crippen molar-refractivity contribution in [3.8, 4) is 0 Å². The Bertz CT molecular complexity index is 887. The lowest BCUT2D eigenvalue weighted by Crippen LogP contribution is -2.34. The molecular formula is C22H26N4O3. The zero-order chi connectivity index (χ0) is 20.8. The summed E-state index contributed by atoms with van der Waals surface area (Å²) in [6, 6.07) is 13.3. The highest BCUT2D eigenvalue weighted by molar-refractivity contribution is 6.05. The molecule has 3 rings (SSSR count). The van der Waals surface area contributed by atoms with Gasteiger partial charge in [0.2, 0.25) is 0 Å². The van der Waals surface area contributed by atoms with Crippen LogP contribution in [0.15, 0.2) is 48.5 Å². The minimum absolute atomic E-state index is 0.0156. The van der Waals surface area contributed by atoms with Crippen molar-refractivity contribution in [2.75, 3.05) is 23.7 Å². The van der Waals surface area contributed by atoms with Crippen LogP contribution in [0.4, 0.5) is 16.2 Å². The first-order valence-corrected chi connectivity index (χ1v) is 9.80. The molecule has 2 aromatic rings. The summed E-state index contributed by atoms with van der Waals surface area (Å²) >= 11 is 0. The molecule has 0 aromatic heterocycles. The van der Waals surface area contributed by atoms with E-state index in [0.717, 1.165) is 25.9 Å². The minimum atomic E-state index is -0.323. The van der Waals surface area contributed by atoms with E-state index >= 15 is 0 Å². The van der Waals surface area contributed by atoms with Gasteiger partial charge in [-0.05, 0) is 69.2 Å². The molecular weight excluding hydrogens is 368 g/mol. The number of benzene rings is 2. The fourth-order valence-electron chi connectivity index (χ4n) is 3.17. The van der Waals surface area contributed by atoms with Gasteiger partial charge in [-0.25, -0.2) is 4.79 Å². The fourth-order valence-corrected chi connectivity index (χ4v) is 3.17. The highest BCUT2D eigenvalue weighted by Gasteiger charge is 2.19. The molecule has 0 saturated carbocycles. The first-order chi connectivity index (χ1) is 13.9. The molecule has 29 heavy (non-hydrogen) atoms. The molecule has 2 aromatic carbocycles. The summed E-state index contributed by atoms with van der Waals surface area (Å²) in [7, 11) is 0. The molecule has 0 unspecified atom stereocenters. The van der Waals surface area contributed by atoms with E-state index in [9.17, 15) is 14.4 Å². The summed E-state index contributed by atoms with van der Waals surface area (Å²) in [5.74, 6) is -0.268. The molecule has 3 N–H and O–H groups in total. The van der Waals surface area contributed by atoms with Crippen LogP contribution in [0.1, 0.15) is 47.4 Å². The Balaban J connectivity index is 1.62. The van der Waals surface area contributed by atoms with Crippen molar-refractivity contribution in [1.29, 1.82) is 0 Å². The molecule has 0 spiro atoms. The van der Waals surface area contributed by atoms with Crippen LogP contribution < -0.4 is 16.0 Å². The Kier molecular flexibility index (Phi) is 6.49. The molecule has 0 bridgehead atoms. The third-order valence-electron chi connectivity index (χ3n) is 4.59. The first-order valence-electron chi connectivity index (χ1n) is 9.80. The Morgan fingerprint density at radius 3 is 2.21 bits per heavy atom. The quantitative estimate of drug-likeness (QED) is 0.722. The number of anilines is 2. The fraction of sp³-hybridized carbons (Fsp3) is 0.318. The van der Waals surface area contributed by atoms with E-state index in [4.69, 9.17) is 0 Å². The summed E-state index contributed by atoms with van der Waals surface area (Å²) < 4.78 is 0. The maximum atomic E-state index is 12.5. The molecule has 1 heterocycles. The Labute approximate surface area is 170 Å². The van der Waals surface area contributed by atoms with Crippen molar-refractivity contribution in [3.63, 3.8) is 0 Å². The lowest BCUT2D eigenvalue weighted by molar-refractivity contribution is 0.0792. The van der Waals surface area contributed by atoms with E-state index in [0.29, 0.717) is 22.5 Å². The number of likely N-dealkylation sites (tertiary alicyclic amines) is 1. The third-order valence-corrected chi connectivity index (χ3v) is 4.59. The van der Waals surface area contributed by atoms with Crippen LogP contribution in [0.2, 0.25) is 0 Å². The van der Waals surface area contributed by atoms with Crippen molar-refractivity contribution in [2.45, 2.75) is 32.7 Å². The highest BCUT2D eigenvalue weighted by atomic mass is 16.2. The van der Waals surface area contributed by atoms with Crippen molar-refractivity contribution in [2.24, 2.45) is 0 Å². The SMILES string of the molecule is CC(C)NC(=O)Nc1cccc(C(=O)Nc2ccc(C(=O)N3CCCC3)cc2)c1. The maximum absolute atomic E-state index is 12.5. The summed E-state index contributed by atoms with van der Waals surface area (Å²) in [5.41, 5.74) is 2.17. The first kappa shape index (κ1) is 20.4. The molecule has 0 radical (unpaired) electrons. The van der Waals surface area contributed by atoms with Gasteiger partial charge >= 0.3 is 6.03 Å². The monoisotopic (exact) mass is 394 g/mol. The van der Waals surface area contributed by atoms with Gasteiger partial charge in [-0.3, -0.25) is 9.59 Å². The third kappa shape index (κ3) is 5.57. The molecule has 1 saturated heterocycles. The van der Waals surface area contributed by atoms with E-state index in [1.54, 1.807) is 48.5 Å². The molecule has 0 atom stereocenters. The number of hydrogen-bond donors (Lipinski definition) is 3. The van der Waals surface area contributed by atoms with Crippen molar-refractivity contribution in [1.82, 2.24) is 10.2 Å².